The van der Waals surface area contributed by atoms with Gasteiger partial charge in [-0.15, -0.1) is 0 Å². The lowest BCUT2D eigenvalue weighted by Crippen LogP contribution is -2.25. The first-order valence-electron chi connectivity index (χ1n) is 6.21. The average molecular weight is 289 g/mol. The Morgan fingerprint density at radius 3 is 2.60 bits per heavy atom. The van der Waals surface area contributed by atoms with Gasteiger partial charge in [-0.2, -0.15) is 0 Å². The van der Waals surface area contributed by atoms with E-state index in [1.165, 1.54) is 0 Å². The Kier molecular flexibility index (Phi) is 3.34. The summed E-state index contributed by atoms with van der Waals surface area (Å²) in [4.78, 5) is 11.3. The zero-order valence-corrected chi connectivity index (χ0v) is 11.4. The molecule has 2 aromatic carbocycles. The molecule has 4 nitrogen and oxygen atoms in total. The summed E-state index contributed by atoms with van der Waals surface area (Å²) in [5, 5.41) is 3.45. The molecule has 5 heteroatoms. The maximum Gasteiger partial charge on any atom is 0.262 e. The molecule has 20 heavy (non-hydrogen) atoms. The predicted molar refractivity (Wildman–Crippen MR) is 78.0 cm³/mol. The molecule has 1 unspecified atom stereocenters. The first kappa shape index (κ1) is 13.0. The third-order valence-corrected chi connectivity index (χ3v) is 3.48. The third kappa shape index (κ3) is 2.48. The Bertz CT molecular complexity index is 655. The largest absolute Gasteiger partial charge is 0.482 e. The molecular weight excluding hydrogens is 276 g/mol. The number of anilines is 1. The molecule has 0 saturated heterocycles. The molecule has 0 spiro atoms. The first-order valence-corrected chi connectivity index (χ1v) is 6.59. The lowest BCUT2D eigenvalue weighted by Gasteiger charge is -2.20. The molecular formula is C15H13ClN2O2. The van der Waals surface area contributed by atoms with Crippen LogP contribution in [0.2, 0.25) is 5.02 Å². The predicted octanol–water partition coefficient (Wildman–Crippen LogP) is 2.72. The van der Waals surface area contributed by atoms with Crippen molar-refractivity contribution in [1.29, 1.82) is 0 Å². The van der Waals surface area contributed by atoms with Crippen LogP contribution in [0.15, 0.2) is 42.5 Å². The first-order chi connectivity index (χ1) is 9.63. The second kappa shape index (κ2) is 5.15. The van der Waals surface area contributed by atoms with Crippen molar-refractivity contribution in [2.45, 2.75) is 6.04 Å². The van der Waals surface area contributed by atoms with Gasteiger partial charge in [0.1, 0.15) is 5.75 Å². The normalized spacial score (nSPS) is 15.0. The van der Waals surface area contributed by atoms with E-state index in [-0.39, 0.29) is 18.6 Å². The zero-order valence-electron chi connectivity index (χ0n) is 10.6. The number of hydrogen-bond donors (Lipinski definition) is 2. The summed E-state index contributed by atoms with van der Waals surface area (Å²) in [5.41, 5.74) is 8.75. The van der Waals surface area contributed by atoms with Crippen LogP contribution in [0.1, 0.15) is 17.2 Å². The maximum atomic E-state index is 11.3. The highest BCUT2D eigenvalue weighted by atomic mass is 35.5. The molecule has 1 aliphatic rings. The van der Waals surface area contributed by atoms with Gasteiger partial charge in [0.2, 0.25) is 0 Å². The molecule has 0 aliphatic carbocycles. The average Bonchev–Trinajstić information content (AvgIpc) is 2.46. The van der Waals surface area contributed by atoms with E-state index in [4.69, 9.17) is 22.1 Å². The van der Waals surface area contributed by atoms with E-state index in [0.29, 0.717) is 16.5 Å². The van der Waals surface area contributed by atoms with E-state index < -0.39 is 0 Å². The van der Waals surface area contributed by atoms with Crippen molar-refractivity contribution < 1.29 is 9.53 Å². The second-order valence-corrected chi connectivity index (χ2v) is 5.06. The number of hydrogen-bond acceptors (Lipinski definition) is 3. The molecule has 0 saturated carbocycles. The van der Waals surface area contributed by atoms with Gasteiger partial charge in [0.25, 0.3) is 5.91 Å². The molecule has 0 aromatic heterocycles. The number of amides is 1. The standard InChI is InChI=1S/C15H13ClN2O2/c16-11-4-1-9(2-5-11)15(17)10-3-6-13-12(7-10)18-14(19)8-20-13/h1-7,15H,8,17H2,(H,18,19). The van der Waals surface area contributed by atoms with Crippen LogP contribution in [0.3, 0.4) is 0 Å². The highest BCUT2D eigenvalue weighted by Crippen LogP contribution is 2.31. The van der Waals surface area contributed by atoms with Crippen molar-refractivity contribution in [1.82, 2.24) is 0 Å². The molecule has 1 heterocycles. The fraction of sp³-hybridized carbons (Fsp3) is 0.133. The van der Waals surface area contributed by atoms with Crippen molar-refractivity contribution in [3.8, 4) is 5.75 Å². The van der Waals surface area contributed by atoms with Gasteiger partial charge in [-0.3, -0.25) is 4.79 Å². The number of carbonyl (C=O) groups excluding carboxylic acids is 1. The number of carbonyl (C=O) groups is 1. The van der Waals surface area contributed by atoms with E-state index in [0.717, 1.165) is 11.1 Å². The number of halogens is 1. The highest BCUT2D eigenvalue weighted by Gasteiger charge is 2.18. The van der Waals surface area contributed by atoms with Crippen molar-refractivity contribution in [2.24, 2.45) is 5.73 Å². The summed E-state index contributed by atoms with van der Waals surface area (Å²) < 4.78 is 5.32. The summed E-state index contributed by atoms with van der Waals surface area (Å²) in [6.45, 7) is 0.0512. The SMILES string of the molecule is NC(c1ccc(Cl)cc1)c1ccc2c(c1)NC(=O)CO2. The van der Waals surface area contributed by atoms with E-state index in [9.17, 15) is 4.79 Å². The van der Waals surface area contributed by atoms with Gasteiger partial charge >= 0.3 is 0 Å². The molecule has 2 aromatic rings. The topological polar surface area (TPSA) is 64.3 Å². The molecule has 0 bridgehead atoms. The molecule has 1 amide bonds. The number of rotatable bonds is 2. The molecule has 3 N–H and O–H groups in total. The van der Waals surface area contributed by atoms with Crippen LogP contribution in [0.4, 0.5) is 5.69 Å². The molecule has 3 rings (SSSR count). The van der Waals surface area contributed by atoms with E-state index in [1.807, 2.05) is 30.3 Å². The minimum absolute atomic E-state index is 0.0512. The Hall–Kier alpha value is -2.04. The zero-order chi connectivity index (χ0) is 14.1. The number of nitrogens with two attached hydrogens (primary N) is 1. The van der Waals surface area contributed by atoms with Crippen LogP contribution in [0, 0.1) is 0 Å². The molecule has 0 radical (unpaired) electrons. The van der Waals surface area contributed by atoms with Crippen LogP contribution in [0.5, 0.6) is 5.75 Å². The van der Waals surface area contributed by atoms with E-state index >= 15 is 0 Å². The van der Waals surface area contributed by atoms with E-state index in [1.54, 1.807) is 12.1 Å². The van der Waals surface area contributed by atoms with Gasteiger partial charge in [-0.25, -0.2) is 0 Å². The number of fused-ring (bicyclic) bond motifs is 1. The number of benzene rings is 2. The van der Waals surface area contributed by atoms with Crippen LogP contribution in [-0.4, -0.2) is 12.5 Å². The Morgan fingerprint density at radius 1 is 1.15 bits per heavy atom. The lowest BCUT2D eigenvalue weighted by atomic mass is 9.99. The van der Waals surface area contributed by atoms with Crippen molar-refractivity contribution >= 4 is 23.2 Å². The Morgan fingerprint density at radius 2 is 1.85 bits per heavy atom. The minimum atomic E-state index is -0.281. The fourth-order valence-electron chi connectivity index (χ4n) is 2.16. The maximum absolute atomic E-state index is 11.3. The summed E-state index contributed by atoms with van der Waals surface area (Å²) >= 11 is 5.87. The molecule has 1 atom stereocenters. The highest BCUT2D eigenvalue weighted by molar-refractivity contribution is 6.30. The van der Waals surface area contributed by atoms with Crippen LogP contribution in [-0.2, 0) is 4.79 Å². The van der Waals surface area contributed by atoms with Crippen LogP contribution in [0.25, 0.3) is 0 Å². The summed E-state index contributed by atoms with van der Waals surface area (Å²) in [7, 11) is 0. The van der Waals surface area contributed by atoms with Gasteiger partial charge < -0.3 is 15.8 Å². The summed E-state index contributed by atoms with van der Waals surface area (Å²) in [6, 6.07) is 12.7. The monoisotopic (exact) mass is 288 g/mol. The molecule has 0 fully saturated rings. The van der Waals surface area contributed by atoms with Crippen molar-refractivity contribution in [3.63, 3.8) is 0 Å². The van der Waals surface area contributed by atoms with Gasteiger partial charge in [-0.05, 0) is 35.4 Å². The molecule has 102 valence electrons. The second-order valence-electron chi connectivity index (χ2n) is 4.62. The van der Waals surface area contributed by atoms with Crippen LogP contribution >= 0.6 is 11.6 Å². The minimum Gasteiger partial charge on any atom is -0.482 e. The Labute approximate surface area is 121 Å². The van der Waals surface area contributed by atoms with Gasteiger partial charge in [0, 0.05) is 5.02 Å². The van der Waals surface area contributed by atoms with Crippen molar-refractivity contribution in [3.05, 3.63) is 58.6 Å². The van der Waals surface area contributed by atoms with Crippen LogP contribution < -0.4 is 15.8 Å². The quantitative estimate of drug-likeness (QED) is 0.893. The van der Waals surface area contributed by atoms with E-state index in [2.05, 4.69) is 5.32 Å². The fourth-order valence-corrected chi connectivity index (χ4v) is 2.28. The third-order valence-electron chi connectivity index (χ3n) is 3.22. The van der Waals surface area contributed by atoms with Crippen molar-refractivity contribution in [2.75, 3.05) is 11.9 Å². The van der Waals surface area contributed by atoms with Gasteiger partial charge in [0.05, 0.1) is 11.7 Å². The summed E-state index contributed by atoms with van der Waals surface area (Å²) in [6.07, 6.45) is 0. The lowest BCUT2D eigenvalue weighted by molar-refractivity contribution is -0.118. The smallest absolute Gasteiger partial charge is 0.262 e. The Balaban J connectivity index is 1.92. The number of ether oxygens (including phenoxy) is 1. The molecule has 1 aliphatic heterocycles. The van der Waals surface area contributed by atoms with Gasteiger partial charge in [0.15, 0.2) is 6.61 Å². The van der Waals surface area contributed by atoms with Gasteiger partial charge in [-0.1, -0.05) is 29.8 Å². The number of nitrogens with one attached hydrogen (secondary N) is 1. The summed E-state index contributed by atoms with van der Waals surface area (Å²) in [5.74, 6) is 0.506.